The van der Waals surface area contributed by atoms with Gasteiger partial charge in [-0.2, -0.15) is 0 Å². The third-order valence-corrected chi connectivity index (χ3v) is 9.22. The number of benzene rings is 9. The molecular formula is C50H32O. The second-order valence-corrected chi connectivity index (χ2v) is 12.0. The van der Waals surface area contributed by atoms with Crippen LogP contribution in [-0.2, 0) is 0 Å². The number of furan rings is 1. The number of hydrogen-bond donors (Lipinski definition) is 0. The number of hydrogen-bond acceptors (Lipinski definition) is 1. The summed E-state index contributed by atoms with van der Waals surface area (Å²) >= 11 is 0. The highest BCUT2D eigenvalue weighted by atomic mass is 16.3. The lowest BCUT2D eigenvalue weighted by Crippen LogP contribution is -1.93. The molecule has 9 aromatic carbocycles. The largest absolute Gasteiger partial charge is 0.456 e. The van der Waals surface area contributed by atoms with E-state index in [9.17, 15) is 8.22 Å². The van der Waals surface area contributed by atoms with Gasteiger partial charge >= 0.3 is 0 Å². The van der Waals surface area contributed by atoms with Crippen molar-refractivity contribution in [1.29, 1.82) is 0 Å². The molecule has 0 radical (unpaired) electrons. The van der Waals surface area contributed by atoms with Crippen molar-refractivity contribution in [3.05, 3.63) is 194 Å². The van der Waals surface area contributed by atoms with Gasteiger partial charge in [-0.15, -0.1) is 0 Å². The van der Waals surface area contributed by atoms with E-state index in [-0.39, 0.29) is 50.7 Å². The first-order valence-corrected chi connectivity index (χ1v) is 16.3. The zero-order valence-electron chi connectivity index (χ0n) is 41.7. The van der Waals surface area contributed by atoms with Gasteiger partial charge in [-0.3, -0.25) is 0 Å². The number of fused-ring (bicyclic) bond motifs is 5. The van der Waals surface area contributed by atoms with Crippen molar-refractivity contribution in [2.24, 2.45) is 0 Å². The van der Waals surface area contributed by atoms with Gasteiger partial charge in [0.1, 0.15) is 11.2 Å². The molecule has 51 heavy (non-hydrogen) atoms. The van der Waals surface area contributed by atoms with Gasteiger partial charge in [0, 0.05) is 10.8 Å². The first-order chi connectivity index (χ1) is 31.6. The van der Waals surface area contributed by atoms with Crippen LogP contribution in [0.25, 0.3) is 99.1 Å². The highest BCUT2D eigenvalue weighted by molar-refractivity contribution is 6.26. The maximum atomic E-state index is 9.54. The molecule has 1 nitrogen and oxygen atoms in total. The van der Waals surface area contributed by atoms with Crippen LogP contribution in [-0.4, -0.2) is 0 Å². The second-order valence-electron chi connectivity index (χ2n) is 12.0. The topological polar surface area (TPSA) is 13.1 Å². The van der Waals surface area contributed by atoms with E-state index in [0.717, 1.165) is 11.1 Å². The fraction of sp³-hybridized carbons (Fsp3) is 0. The Kier molecular flexibility index (Phi) is 4.19. The maximum absolute atomic E-state index is 9.54. The van der Waals surface area contributed by atoms with Crippen molar-refractivity contribution in [3.63, 3.8) is 0 Å². The maximum Gasteiger partial charge on any atom is 0.136 e. The fourth-order valence-electron chi connectivity index (χ4n) is 6.98. The predicted molar refractivity (Wildman–Crippen MR) is 216 cm³/mol. The summed E-state index contributed by atoms with van der Waals surface area (Å²) in [4.78, 5) is 0. The minimum atomic E-state index is -0.698. The molecule has 0 aliphatic rings. The minimum Gasteiger partial charge on any atom is -0.456 e. The van der Waals surface area contributed by atoms with Crippen LogP contribution < -0.4 is 0 Å². The molecule has 0 aliphatic carbocycles. The summed E-state index contributed by atoms with van der Waals surface area (Å²) in [6.45, 7) is 0. The normalized spacial score (nSPS) is 15.6. The van der Waals surface area contributed by atoms with Gasteiger partial charge in [-0.25, -0.2) is 0 Å². The SMILES string of the molecule is [2H]c1c([2H])c([2H])c(-c2c([2H])c([2H])c3c(oc4c([2H])c([2H])c([2H])c(-c5c6ccccc6c(-c6c([2H])c([2H])c([2H])c([2H])c6-c6ccc(-c7ccccc7)cc6)c6ccccc56)c43)c2[2H])c([2H])c1[2H]. The summed E-state index contributed by atoms with van der Waals surface area (Å²) in [5.41, 5.74) is 2.25. The van der Waals surface area contributed by atoms with E-state index in [1.807, 2.05) is 54.6 Å². The molecule has 0 bridgehead atoms. The van der Waals surface area contributed by atoms with Gasteiger partial charge < -0.3 is 4.42 Å². The average molecular weight is 664 g/mol. The van der Waals surface area contributed by atoms with Gasteiger partial charge in [0.05, 0.1) is 20.6 Å². The quantitative estimate of drug-likeness (QED) is 0.167. The Bertz CT molecular complexity index is 3660. The molecule has 10 rings (SSSR count). The van der Waals surface area contributed by atoms with Crippen molar-refractivity contribution >= 4 is 43.5 Å². The van der Waals surface area contributed by atoms with Crippen molar-refractivity contribution in [2.45, 2.75) is 0 Å². The molecule has 0 saturated heterocycles. The van der Waals surface area contributed by atoms with E-state index in [1.54, 1.807) is 48.5 Å². The summed E-state index contributed by atoms with van der Waals surface area (Å²) in [6, 6.07) is 23.3. The fourth-order valence-corrected chi connectivity index (χ4v) is 6.98. The summed E-state index contributed by atoms with van der Waals surface area (Å²) in [7, 11) is 0. The second kappa shape index (κ2) is 12.0. The monoisotopic (exact) mass is 663 g/mol. The predicted octanol–water partition coefficient (Wildman–Crippen LogP) is 14.2. The third-order valence-electron chi connectivity index (χ3n) is 9.22. The highest BCUT2D eigenvalue weighted by Gasteiger charge is 2.21. The molecule has 1 heteroatoms. The summed E-state index contributed by atoms with van der Waals surface area (Å²) < 4.78 is 140. The Labute approximate surface area is 317 Å². The molecule has 0 amide bonds. The van der Waals surface area contributed by atoms with Crippen molar-refractivity contribution in [1.82, 2.24) is 0 Å². The van der Waals surface area contributed by atoms with Crippen molar-refractivity contribution < 1.29 is 25.0 Å². The van der Waals surface area contributed by atoms with E-state index >= 15 is 0 Å². The molecule has 0 unspecified atom stereocenters. The molecule has 0 N–H and O–H groups in total. The molecule has 0 saturated carbocycles. The molecule has 238 valence electrons. The van der Waals surface area contributed by atoms with Gasteiger partial charge in [-0.05, 0) is 95.3 Å². The van der Waals surface area contributed by atoms with E-state index < -0.39 is 89.7 Å². The van der Waals surface area contributed by atoms with Gasteiger partial charge in [0.25, 0.3) is 0 Å². The lowest BCUT2D eigenvalue weighted by atomic mass is 9.83. The van der Waals surface area contributed by atoms with Gasteiger partial charge in [0.2, 0.25) is 0 Å². The first kappa shape index (κ1) is 17.8. The van der Waals surface area contributed by atoms with Crippen LogP contribution in [0.2, 0.25) is 0 Å². The van der Waals surface area contributed by atoms with E-state index in [0.29, 0.717) is 38.2 Å². The highest BCUT2D eigenvalue weighted by Crippen LogP contribution is 2.48. The lowest BCUT2D eigenvalue weighted by molar-refractivity contribution is 0.669. The van der Waals surface area contributed by atoms with E-state index in [2.05, 4.69) is 0 Å². The Morgan fingerprint density at radius 3 is 1.57 bits per heavy atom. The molecule has 1 aromatic heterocycles. The van der Waals surface area contributed by atoms with Crippen molar-refractivity contribution in [2.75, 3.05) is 0 Å². The van der Waals surface area contributed by atoms with Crippen LogP contribution in [0.3, 0.4) is 0 Å². The van der Waals surface area contributed by atoms with Crippen LogP contribution in [0.15, 0.2) is 198 Å². The summed E-state index contributed by atoms with van der Waals surface area (Å²) in [6.07, 6.45) is 0. The van der Waals surface area contributed by atoms with Crippen LogP contribution in [0.4, 0.5) is 0 Å². The van der Waals surface area contributed by atoms with E-state index in [4.69, 9.17) is 16.8 Å². The molecule has 0 atom stereocenters. The van der Waals surface area contributed by atoms with E-state index in [1.165, 1.54) is 0 Å². The molecule has 10 aromatic rings. The first-order valence-electron chi connectivity index (χ1n) is 23.8. The van der Waals surface area contributed by atoms with Gasteiger partial charge in [0.15, 0.2) is 0 Å². The smallest absolute Gasteiger partial charge is 0.136 e. The summed E-state index contributed by atoms with van der Waals surface area (Å²) in [5, 5.41) is 1.81. The zero-order chi connectivity index (χ0) is 46.8. The summed E-state index contributed by atoms with van der Waals surface area (Å²) in [5.74, 6) is 0. The Morgan fingerprint density at radius 2 is 0.882 bits per heavy atom. The number of rotatable bonds is 5. The Balaban J connectivity index is 1.33. The molecular weight excluding hydrogens is 617 g/mol. The van der Waals surface area contributed by atoms with Gasteiger partial charge in [-0.1, -0.05) is 176 Å². The van der Waals surface area contributed by atoms with Crippen LogP contribution in [0.1, 0.15) is 20.6 Å². The molecule has 1 heterocycles. The minimum absolute atomic E-state index is 0.0144. The standard InChI is InChI=1S/C50H32O/c1-3-14-33(15-4-1)35-26-28-36(29-27-35)38-18-7-8-19-39(38)48-40-20-9-11-22-42(40)49(43-23-12-10-21-41(43)48)45-24-13-25-46-50(45)44-31-30-37(32-47(44)51-46)34-16-5-2-6-17-34/h1-32H/i2D,5D,6D,7D,8D,13D,16D,17D,18D,19D,24D,25D,30D,31D,32D. The van der Waals surface area contributed by atoms with Crippen molar-refractivity contribution in [3.8, 4) is 55.6 Å². The van der Waals surface area contributed by atoms with Crippen LogP contribution in [0, 0.1) is 0 Å². The average Bonchev–Trinajstić information content (AvgIpc) is 3.74. The third kappa shape index (κ3) is 4.86. The molecule has 0 spiro atoms. The Morgan fingerprint density at radius 1 is 0.333 bits per heavy atom. The zero-order valence-corrected chi connectivity index (χ0v) is 26.7. The molecule has 0 fully saturated rings. The van der Waals surface area contributed by atoms with Crippen LogP contribution in [0.5, 0.6) is 0 Å². The molecule has 0 aliphatic heterocycles. The Hall–Kier alpha value is -6.70. The lowest BCUT2D eigenvalue weighted by Gasteiger charge is -2.20. The van der Waals surface area contributed by atoms with Crippen LogP contribution >= 0.6 is 0 Å².